The normalized spacial score (nSPS) is 8.18. The Labute approximate surface area is 68.7 Å². The lowest BCUT2D eigenvalue weighted by Gasteiger charge is -1.82. The van der Waals surface area contributed by atoms with Crippen molar-refractivity contribution in [1.82, 2.24) is 0 Å². The van der Waals surface area contributed by atoms with Gasteiger partial charge in [-0.3, -0.25) is 0 Å². The maximum Gasteiger partial charge on any atom is 0.115 e. The molecule has 0 saturated carbocycles. The largest absolute Gasteiger partial charge is 0.508 e. The molecule has 0 aliphatic carbocycles. The molecule has 1 nitrogen and oxygen atoms in total. The Balaban J connectivity index is 0.000000218. The fourth-order valence-corrected chi connectivity index (χ4v) is 0.428. The van der Waals surface area contributed by atoms with Gasteiger partial charge in [0.1, 0.15) is 5.75 Å². The number of hydrogen-bond donors (Lipinski definition) is 1. The molecule has 0 aliphatic rings. The summed E-state index contributed by atoms with van der Waals surface area (Å²) in [6.45, 7) is 4.36. The summed E-state index contributed by atoms with van der Waals surface area (Å²) in [5.41, 5.74) is 0. The molecule has 0 atom stereocenters. The highest BCUT2D eigenvalue weighted by molar-refractivity contribution is 5.18. The summed E-state index contributed by atoms with van der Waals surface area (Å²) in [5, 5.41) is 8.63. The van der Waals surface area contributed by atoms with Crippen molar-refractivity contribution in [2.45, 2.75) is 26.7 Å². The van der Waals surface area contributed by atoms with Gasteiger partial charge < -0.3 is 5.11 Å². The highest BCUT2D eigenvalue weighted by atomic mass is 16.3. The third kappa shape index (κ3) is 6.91. The van der Waals surface area contributed by atoms with Crippen molar-refractivity contribution in [2.24, 2.45) is 0 Å². The van der Waals surface area contributed by atoms with Gasteiger partial charge in [0.25, 0.3) is 0 Å². The van der Waals surface area contributed by atoms with E-state index in [-0.39, 0.29) is 0 Å². The van der Waals surface area contributed by atoms with E-state index in [1.807, 2.05) is 6.07 Å². The van der Waals surface area contributed by atoms with Gasteiger partial charge in [0.2, 0.25) is 0 Å². The van der Waals surface area contributed by atoms with Gasteiger partial charge in [-0.2, -0.15) is 0 Å². The zero-order valence-corrected chi connectivity index (χ0v) is 7.25. The molecule has 0 amide bonds. The average molecular weight is 152 g/mol. The van der Waals surface area contributed by atoms with Crippen LogP contribution in [0.25, 0.3) is 0 Å². The predicted molar refractivity (Wildman–Crippen MR) is 48.7 cm³/mol. The Hall–Kier alpha value is -0.980. The molecule has 1 aromatic rings. The van der Waals surface area contributed by atoms with Crippen LogP contribution in [0.4, 0.5) is 0 Å². The van der Waals surface area contributed by atoms with Crippen molar-refractivity contribution < 1.29 is 5.11 Å². The molecule has 1 rings (SSSR count). The molecule has 0 aromatic heterocycles. The summed E-state index contributed by atoms with van der Waals surface area (Å²) in [7, 11) is 0. The van der Waals surface area contributed by atoms with Crippen LogP contribution >= 0.6 is 0 Å². The number of aromatic hydroxyl groups is 1. The molecular weight excluding hydrogens is 136 g/mol. The van der Waals surface area contributed by atoms with Crippen LogP contribution in [-0.2, 0) is 0 Å². The summed E-state index contributed by atoms with van der Waals surface area (Å²) in [4.78, 5) is 0. The second kappa shape index (κ2) is 7.13. The van der Waals surface area contributed by atoms with Crippen LogP contribution in [0.2, 0.25) is 0 Å². The standard InChI is InChI=1S/C6H6O.C4H10/c7-6-4-2-1-3-5-6;1-3-4-2/h1-5,7H;3-4H2,1-2H3. The Kier molecular flexibility index (Phi) is 6.50. The van der Waals surface area contributed by atoms with Crippen molar-refractivity contribution >= 4 is 0 Å². The van der Waals surface area contributed by atoms with Gasteiger partial charge in [-0.05, 0) is 12.1 Å². The minimum atomic E-state index is 0.322. The van der Waals surface area contributed by atoms with E-state index in [9.17, 15) is 0 Å². The number of rotatable bonds is 1. The van der Waals surface area contributed by atoms with E-state index < -0.39 is 0 Å². The van der Waals surface area contributed by atoms with E-state index in [2.05, 4.69) is 13.8 Å². The molecule has 0 unspecified atom stereocenters. The number of hydrogen-bond acceptors (Lipinski definition) is 1. The second-order valence-corrected chi connectivity index (χ2v) is 2.34. The van der Waals surface area contributed by atoms with Crippen LogP contribution in [0, 0.1) is 0 Å². The van der Waals surface area contributed by atoms with Crippen LogP contribution in [0.3, 0.4) is 0 Å². The lowest BCUT2D eigenvalue weighted by molar-refractivity contribution is 0.475. The van der Waals surface area contributed by atoms with Crippen molar-refractivity contribution in [3.05, 3.63) is 30.3 Å². The van der Waals surface area contributed by atoms with Crippen LogP contribution in [0.15, 0.2) is 30.3 Å². The first kappa shape index (κ1) is 10.0. The summed E-state index contributed by atoms with van der Waals surface area (Å²) < 4.78 is 0. The van der Waals surface area contributed by atoms with Gasteiger partial charge in [-0.25, -0.2) is 0 Å². The average Bonchev–Trinajstić information content (AvgIpc) is 2.07. The fourth-order valence-electron chi connectivity index (χ4n) is 0.428. The first-order valence-corrected chi connectivity index (χ1v) is 4.05. The number of benzene rings is 1. The second-order valence-electron chi connectivity index (χ2n) is 2.34. The molecule has 0 fully saturated rings. The Morgan fingerprint density at radius 2 is 1.45 bits per heavy atom. The highest BCUT2D eigenvalue weighted by Crippen LogP contribution is 2.02. The molecule has 1 heteroatoms. The van der Waals surface area contributed by atoms with E-state index in [4.69, 9.17) is 5.11 Å². The quantitative estimate of drug-likeness (QED) is 0.655. The molecule has 0 heterocycles. The summed E-state index contributed by atoms with van der Waals surface area (Å²) in [6, 6.07) is 8.71. The number of phenols is 1. The molecule has 0 radical (unpaired) electrons. The minimum Gasteiger partial charge on any atom is -0.508 e. The smallest absolute Gasteiger partial charge is 0.115 e. The van der Waals surface area contributed by atoms with Crippen LogP contribution in [-0.4, -0.2) is 5.11 Å². The lowest BCUT2D eigenvalue weighted by atomic mass is 10.3. The van der Waals surface area contributed by atoms with E-state index in [0.29, 0.717) is 5.75 Å². The highest BCUT2D eigenvalue weighted by Gasteiger charge is 1.74. The Morgan fingerprint density at radius 3 is 1.64 bits per heavy atom. The summed E-state index contributed by atoms with van der Waals surface area (Å²) >= 11 is 0. The molecule has 0 bridgehead atoms. The van der Waals surface area contributed by atoms with Crippen LogP contribution < -0.4 is 0 Å². The summed E-state index contributed by atoms with van der Waals surface area (Å²) in [6.07, 6.45) is 2.64. The molecule has 0 spiro atoms. The third-order valence-corrected chi connectivity index (χ3v) is 1.26. The predicted octanol–water partition coefficient (Wildman–Crippen LogP) is 3.20. The van der Waals surface area contributed by atoms with E-state index >= 15 is 0 Å². The maximum atomic E-state index is 8.63. The SMILES string of the molecule is CCCC.Oc1ccccc1. The molecule has 1 N–H and O–H groups in total. The van der Waals surface area contributed by atoms with Crippen molar-refractivity contribution in [3.63, 3.8) is 0 Å². The lowest BCUT2D eigenvalue weighted by Crippen LogP contribution is -1.56. The van der Waals surface area contributed by atoms with Crippen molar-refractivity contribution in [3.8, 4) is 5.75 Å². The molecule has 11 heavy (non-hydrogen) atoms. The van der Waals surface area contributed by atoms with Crippen LogP contribution in [0.5, 0.6) is 5.75 Å². The molecule has 0 aliphatic heterocycles. The summed E-state index contributed by atoms with van der Waals surface area (Å²) in [5.74, 6) is 0.322. The Bertz CT molecular complexity index is 156. The number of phenolic OH excluding ortho intramolecular Hbond substituents is 1. The van der Waals surface area contributed by atoms with Gasteiger partial charge >= 0.3 is 0 Å². The molecule has 0 saturated heterocycles. The van der Waals surface area contributed by atoms with E-state index in [1.165, 1.54) is 12.8 Å². The number of unbranched alkanes of at least 4 members (excludes halogenated alkanes) is 1. The fraction of sp³-hybridized carbons (Fsp3) is 0.400. The zero-order valence-electron chi connectivity index (χ0n) is 7.25. The van der Waals surface area contributed by atoms with E-state index in [1.54, 1.807) is 24.3 Å². The van der Waals surface area contributed by atoms with Gasteiger partial charge in [0.05, 0.1) is 0 Å². The first-order valence-electron chi connectivity index (χ1n) is 4.05. The van der Waals surface area contributed by atoms with Gasteiger partial charge in [-0.1, -0.05) is 44.9 Å². The van der Waals surface area contributed by atoms with Gasteiger partial charge in [0.15, 0.2) is 0 Å². The molecular formula is C10H16O. The van der Waals surface area contributed by atoms with Gasteiger partial charge in [-0.15, -0.1) is 0 Å². The van der Waals surface area contributed by atoms with E-state index in [0.717, 1.165) is 0 Å². The minimum absolute atomic E-state index is 0.322. The van der Waals surface area contributed by atoms with Crippen molar-refractivity contribution in [1.29, 1.82) is 0 Å². The van der Waals surface area contributed by atoms with Crippen molar-refractivity contribution in [2.75, 3.05) is 0 Å². The van der Waals surface area contributed by atoms with Crippen LogP contribution in [0.1, 0.15) is 26.7 Å². The molecule has 1 aromatic carbocycles. The third-order valence-electron chi connectivity index (χ3n) is 1.26. The monoisotopic (exact) mass is 152 g/mol. The van der Waals surface area contributed by atoms with Gasteiger partial charge in [0, 0.05) is 0 Å². The first-order chi connectivity index (χ1) is 5.31. The number of para-hydroxylation sites is 1. The molecule has 62 valence electrons. The topological polar surface area (TPSA) is 20.2 Å². The zero-order chi connectivity index (χ0) is 8.53. The maximum absolute atomic E-state index is 8.63. The Morgan fingerprint density at radius 1 is 1.00 bits per heavy atom.